The lowest BCUT2D eigenvalue weighted by Gasteiger charge is -2.22. The third-order valence-corrected chi connectivity index (χ3v) is 5.39. The maximum absolute atomic E-state index is 13.3. The Labute approximate surface area is 171 Å². The molecule has 29 heavy (non-hydrogen) atoms. The van der Waals surface area contributed by atoms with E-state index in [1.54, 1.807) is 12.0 Å². The fraction of sp³-hybridized carbons (Fsp3) is 0.435. The molecule has 0 radical (unpaired) electrons. The fourth-order valence-corrected chi connectivity index (χ4v) is 3.92. The van der Waals surface area contributed by atoms with Crippen LogP contribution in [0.1, 0.15) is 30.9 Å². The van der Waals surface area contributed by atoms with Gasteiger partial charge in [0.25, 0.3) is 11.7 Å². The SMILES string of the molecule is CCCCc1ccc2c(c1)C1(OCCO1)C(=O)N2CCOc1ccccc1OC. The monoisotopic (exact) mass is 397 g/mol. The standard InChI is InChI=1S/C23H27NO5/c1-3-4-7-17-10-11-19-18(16-17)23(28-14-15-29-23)22(25)24(19)12-13-27-21-9-6-5-8-20(21)26-2/h5-6,8-11,16H,3-4,7,12-15H2,1-2H3. The molecule has 0 atom stereocenters. The molecule has 6 heteroatoms. The van der Waals surface area contributed by atoms with Gasteiger partial charge in [0.05, 0.1) is 32.6 Å². The van der Waals surface area contributed by atoms with Gasteiger partial charge in [0.2, 0.25) is 0 Å². The van der Waals surface area contributed by atoms with Gasteiger partial charge >= 0.3 is 0 Å². The maximum Gasteiger partial charge on any atom is 0.292 e. The molecule has 154 valence electrons. The molecular weight excluding hydrogens is 370 g/mol. The molecule has 2 aromatic rings. The number of methoxy groups -OCH3 is 1. The quantitative estimate of drug-likeness (QED) is 0.680. The van der Waals surface area contributed by atoms with Crippen molar-refractivity contribution < 1.29 is 23.7 Å². The second-order valence-corrected chi connectivity index (χ2v) is 7.22. The highest BCUT2D eigenvalue weighted by Gasteiger charge is 2.56. The van der Waals surface area contributed by atoms with Crippen molar-refractivity contribution in [1.29, 1.82) is 0 Å². The zero-order chi connectivity index (χ0) is 20.3. The highest BCUT2D eigenvalue weighted by Crippen LogP contribution is 2.46. The first-order chi connectivity index (χ1) is 14.2. The number of rotatable bonds is 8. The van der Waals surface area contributed by atoms with Gasteiger partial charge in [-0.25, -0.2) is 0 Å². The zero-order valence-electron chi connectivity index (χ0n) is 17.0. The number of carbonyl (C=O) groups is 1. The van der Waals surface area contributed by atoms with Gasteiger partial charge in [-0.3, -0.25) is 4.79 Å². The van der Waals surface area contributed by atoms with E-state index in [0.29, 0.717) is 37.9 Å². The lowest BCUT2D eigenvalue weighted by molar-refractivity contribution is -0.180. The normalized spacial score (nSPS) is 17.0. The number of aryl methyl sites for hydroxylation is 1. The van der Waals surface area contributed by atoms with Crippen molar-refractivity contribution >= 4 is 11.6 Å². The molecule has 2 heterocycles. The van der Waals surface area contributed by atoms with Crippen molar-refractivity contribution in [2.24, 2.45) is 0 Å². The van der Waals surface area contributed by atoms with Crippen LogP contribution >= 0.6 is 0 Å². The second-order valence-electron chi connectivity index (χ2n) is 7.22. The number of benzene rings is 2. The van der Waals surface area contributed by atoms with Crippen LogP contribution in [0.5, 0.6) is 11.5 Å². The van der Waals surface area contributed by atoms with Gasteiger partial charge in [0.15, 0.2) is 11.5 Å². The van der Waals surface area contributed by atoms with Gasteiger partial charge in [-0.2, -0.15) is 0 Å². The van der Waals surface area contributed by atoms with Gasteiger partial charge in [0, 0.05) is 5.56 Å². The van der Waals surface area contributed by atoms with Gasteiger partial charge in [0.1, 0.15) is 6.61 Å². The number of carbonyl (C=O) groups excluding carboxylic acids is 1. The molecule has 6 nitrogen and oxygen atoms in total. The molecule has 1 spiro atoms. The van der Waals surface area contributed by atoms with Crippen LogP contribution in [0, 0.1) is 0 Å². The molecular formula is C23H27NO5. The van der Waals surface area contributed by atoms with Crippen molar-refractivity contribution in [2.75, 3.05) is 38.4 Å². The Morgan fingerprint density at radius 1 is 1.10 bits per heavy atom. The van der Waals surface area contributed by atoms with Crippen LogP contribution in [0.15, 0.2) is 42.5 Å². The van der Waals surface area contributed by atoms with Crippen molar-refractivity contribution in [2.45, 2.75) is 32.0 Å². The first-order valence-corrected chi connectivity index (χ1v) is 10.2. The van der Waals surface area contributed by atoms with Gasteiger partial charge in [-0.05, 0) is 42.7 Å². The molecule has 0 aliphatic carbocycles. The van der Waals surface area contributed by atoms with Crippen molar-refractivity contribution in [1.82, 2.24) is 0 Å². The number of hydrogen-bond donors (Lipinski definition) is 0. The van der Waals surface area contributed by atoms with E-state index < -0.39 is 5.79 Å². The van der Waals surface area contributed by atoms with E-state index in [1.807, 2.05) is 30.3 Å². The predicted molar refractivity (Wildman–Crippen MR) is 109 cm³/mol. The number of amides is 1. The van der Waals surface area contributed by atoms with Crippen LogP contribution in [0.2, 0.25) is 0 Å². The van der Waals surface area contributed by atoms with Crippen LogP contribution in [-0.2, 0) is 26.5 Å². The van der Waals surface area contributed by atoms with Crippen LogP contribution < -0.4 is 14.4 Å². The summed E-state index contributed by atoms with van der Waals surface area (Å²) in [6.07, 6.45) is 3.21. The average Bonchev–Trinajstić information content (AvgIpc) is 3.33. The lowest BCUT2D eigenvalue weighted by atomic mass is 10.0. The molecule has 1 amide bonds. The Hall–Kier alpha value is -2.57. The maximum atomic E-state index is 13.3. The summed E-state index contributed by atoms with van der Waals surface area (Å²) in [6.45, 7) is 3.72. The first kappa shape index (κ1) is 19.7. The first-order valence-electron chi connectivity index (χ1n) is 10.2. The van der Waals surface area contributed by atoms with Crippen molar-refractivity contribution in [3.8, 4) is 11.5 Å². The van der Waals surface area contributed by atoms with E-state index in [-0.39, 0.29) is 5.91 Å². The third-order valence-electron chi connectivity index (χ3n) is 5.39. The van der Waals surface area contributed by atoms with Crippen LogP contribution in [0.25, 0.3) is 0 Å². The molecule has 2 aliphatic rings. The van der Waals surface area contributed by atoms with E-state index in [1.165, 1.54) is 5.56 Å². The second kappa shape index (κ2) is 8.43. The lowest BCUT2D eigenvalue weighted by Crippen LogP contribution is -2.42. The fourth-order valence-electron chi connectivity index (χ4n) is 3.92. The minimum Gasteiger partial charge on any atom is -0.493 e. The van der Waals surface area contributed by atoms with Gasteiger partial charge in [-0.15, -0.1) is 0 Å². The number of para-hydroxylation sites is 2. The molecule has 2 aromatic carbocycles. The molecule has 1 fully saturated rings. The van der Waals surface area contributed by atoms with Crippen LogP contribution in [-0.4, -0.2) is 39.4 Å². The minimum absolute atomic E-state index is 0.179. The predicted octanol–water partition coefficient (Wildman–Crippen LogP) is 3.66. The Balaban J connectivity index is 1.54. The summed E-state index contributed by atoms with van der Waals surface area (Å²) in [5.74, 6) is -0.164. The van der Waals surface area contributed by atoms with Crippen molar-refractivity contribution in [3.63, 3.8) is 0 Å². The molecule has 4 rings (SSSR count). The zero-order valence-corrected chi connectivity index (χ0v) is 17.0. The Kier molecular flexibility index (Phi) is 5.74. The van der Waals surface area contributed by atoms with E-state index in [2.05, 4.69) is 19.1 Å². The van der Waals surface area contributed by atoms with Crippen molar-refractivity contribution in [3.05, 3.63) is 53.6 Å². The molecule has 0 bridgehead atoms. The van der Waals surface area contributed by atoms with E-state index in [0.717, 1.165) is 30.5 Å². The molecule has 0 N–H and O–H groups in total. The summed E-state index contributed by atoms with van der Waals surface area (Å²) in [7, 11) is 1.61. The van der Waals surface area contributed by atoms with Crippen LogP contribution in [0.3, 0.4) is 0 Å². The van der Waals surface area contributed by atoms with Gasteiger partial charge < -0.3 is 23.8 Å². The van der Waals surface area contributed by atoms with E-state index >= 15 is 0 Å². The number of unbranched alkanes of at least 4 members (excludes halogenated alkanes) is 1. The minimum atomic E-state index is -1.30. The van der Waals surface area contributed by atoms with Crippen LogP contribution in [0.4, 0.5) is 5.69 Å². The van der Waals surface area contributed by atoms with E-state index in [9.17, 15) is 4.79 Å². The number of anilines is 1. The average molecular weight is 397 g/mol. The smallest absolute Gasteiger partial charge is 0.292 e. The Bertz CT molecular complexity index is 875. The Morgan fingerprint density at radius 2 is 1.86 bits per heavy atom. The van der Waals surface area contributed by atoms with Gasteiger partial charge in [-0.1, -0.05) is 31.5 Å². The summed E-state index contributed by atoms with van der Waals surface area (Å²) < 4.78 is 22.9. The van der Waals surface area contributed by atoms with E-state index in [4.69, 9.17) is 18.9 Å². The molecule has 0 unspecified atom stereocenters. The molecule has 2 aliphatic heterocycles. The molecule has 0 aromatic heterocycles. The number of nitrogens with zero attached hydrogens (tertiary/aromatic N) is 1. The highest BCUT2D eigenvalue weighted by atomic mass is 16.7. The molecule has 0 saturated carbocycles. The highest BCUT2D eigenvalue weighted by molar-refractivity contribution is 6.06. The summed E-state index contributed by atoms with van der Waals surface area (Å²) in [6, 6.07) is 13.6. The summed E-state index contributed by atoms with van der Waals surface area (Å²) in [4.78, 5) is 15.0. The number of ether oxygens (including phenoxy) is 4. The largest absolute Gasteiger partial charge is 0.493 e. The number of fused-ring (bicyclic) bond motifs is 2. The third kappa shape index (κ3) is 3.58. The summed E-state index contributed by atoms with van der Waals surface area (Å²) in [5, 5.41) is 0. The topological polar surface area (TPSA) is 57.2 Å². The summed E-state index contributed by atoms with van der Waals surface area (Å²) in [5.41, 5.74) is 2.84. The molecule has 1 saturated heterocycles. The summed E-state index contributed by atoms with van der Waals surface area (Å²) >= 11 is 0. The Morgan fingerprint density at radius 3 is 2.59 bits per heavy atom. The number of hydrogen-bond acceptors (Lipinski definition) is 5.